The summed E-state index contributed by atoms with van der Waals surface area (Å²) < 4.78 is 5.52. The highest BCUT2D eigenvalue weighted by molar-refractivity contribution is 5.94. The zero-order valence-electron chi connectivity index (χ0n) is 12.0. The van der Waals surface area contributed by atoms with E-state index in [2.05, 4.69) is 20.8 Å². The second-order valence-corrected chi connectivity index (χ2v) is 5.10. The van der Waals surface area contributed by atoms with Gasteiger partial charge >= 0.3 is 0 Å². The molecule has 0 saturated carbocycles. The highest BCUT2D eigenvalue weighted by Crippen LogP contribution is 2.18. The second-order valence-electron chi connectivity index (χ2n) is 5.10. The van der Waals surface area contributed by atoms with E-state index in [0.717, 1.165) is 35.7 Å². The van der Waals surface area contributed by atoms with Crippen LogP contribution in [0.1, 0.15) is 46.2 Å². The molecular formula is C14H19ClN4O2. The number of aromatic nitrogens is 2. The van der Waals surface area contributed by atoms with E-state index in [0.29, 0.717) is 12.2 Å². The Labute approximate surface area is 129 Å². The van der Waals surface area contributed by atoms with Crippen LogP contribution in [-0.4, -0.2) is 22.6 Å². The van der Waals surface area contributed by atoms with Gasteiger partial charge in [0.2, 0.25) is 0 Å². The number of hydrogen-bond acceptors (Lipinski definition) is 4. The highest BCUT2D eigenvalue weighted by Gasteiger charge is 2.23. The number of fused-ring (bicyclic) bond motifs is 1. The maximum absolute atomic E-state index is 12.3. The molecule has 2 aromatic rings. The summed E-state index contributed by atoms with van der Waals surface area (Å²) in [6.07, 6.45) is 0.878. The van der Waals surface area contributed by atoms with Crippen molar-refractivity contribution in [3.8, 4) is 0 Å². The number of nitrogens with zero attached hydrogens (tertiary/aromatic N) is 1. The van der Waals surface area contributed by atoms with Crippen LogP contribution in [0.3, 0.4) is 0 Å². The highest BCUT2D eigenvalue weighted by atomic mass is 35.5. The first-order chi connectivity index (χ1) is 9.65. The first-order valence-electron chi connectivity index (χ1n) is 6.79. The number of halogens is 1. The fraction of sp³-hybridized carbons (Fsp3) is 0.429. The number of aromatic amines is 1. The summed E-state index contributed by atoms with van der Waals surface area (Å²) in [4.78, 5) is 12.3. The van der Waals surface area contributed by atoms with E-state index < -0.39 is 0 Å². The Kier molecular flexibility index (Phi) is 4.69. The predicted molar refractivity (Wildman–Crippen MR) is 80.6 cm³/mol. The molecule has 1 atom stereocenters. The number of carbonyl (C=O) groups is 1. The van der Waals surface area contributed by atoms with Crippen LogP contribution >= 0.6 is 12.4 Å². The third-order valence-electron chi connectivity index (χ3n) is 3.56. The van der Waals surface area contributed by atoms with Crippen molar-refractivity contribution in [2.24, 2.45) is 0 Å². The number of furan rings is 1. The van der Waals surface area contributed by atoms with Gasteiger partial charge in [0.1, 0.15) is 11.5 Å². The van der Waals surface area contributed by atoms with E-state index in [9.17, 15) is 4.79 Å². The smallest absolute Gasteiger partial charge is 0.272 e. The zero-order valence-corrected chi connectivity index (χ0v) is 12.8. The van der Waals surface area contributed by atoms with Gasteiger partial charge in [0, 0.05) is 30.8 Å². The van der Waals surface area contributed by atoms with Crippen molar-refractivity contribution in [3.63, 3.8) is 0 Å². The third kappa shape index (κ3) is 3.11. The number of hydrogen-bond donors (Lipinski definition) is 3. The average Bonchev–Trinajstić information content (AvgIpc) is 3.04. The van der Waals surface area contributed by atoms with Gasteiger partial charge in [0.05, 0.1) is 6.04 Å². The first-order valence-corrected chi connectivity index (χ1v) is 6.79. The molecule has 0 spiro atoms. The molecule has 0 aliphatic carbocycles. The molecule has 7 heteroatoms. The maximum Gasteiger partial charge on any atom is 0.272 e. The number of aryl methyl sites for hydroxylation is 1. The molecule has 0 fully saturated rings. The van der Waals surface area contributed by atoms with Crippen molar-refractivity contribution in [2.75, 3.05) is 6.54 Å². The van der Waals surface area contributed by atoms with Crippen molar-refractivity contribution >= 4 is 18.3 Å². The summed E-state index contributed by atoms with van der Waals surface area (Å²) in [5.74, 6) is 1.41. The van der Waals surface area contributed by atoms with E-state index in [-0.39, 0.29) is 24.4 Å². The predicted octanol–water partition coefficient (Wildman–Crippen LogP) is 1.87. The molecule has 2 aromatic heterocycles. The molecule has 1 aliphatic heterocycles. The van der Waals surface area contributed by atoms with E-state index >= 15 is 0 Å². The average molecular weight is 311 g/mol. The standard InChI is InChI=1S/C14H18N4O2.ClH/c1-8-3-4-12(20-8)9(2)16-14(19)13-10-7-15-6-5-11(10)17-18-13;/h3-4,9,15H,5-7H2,1-2H3,(H,16,19)(H,17,18);1H. The molecule has 6 nitrogen and oxygen atoms in total. The molecule has 1 unspecified atom stereocenters. The minimum Gasteiger partial charge on any atom is -0.464 e. The molecule has 3 rings (SSSR count). The van der Waals surface area contributed by atoms with Crippen LogP contribution in [0.25, 0.3) is 0 Å². The Morgan fingerprint density at radius 3 is 3.00 bits per heavy atom. The summed E-state index contributed by atoms with van der Waals surface area (Å²) in [5.41, 5.74) is 2.49. The molecule has 114 valence electrons. The molecule has 0 bridgehead atoms. The third-order valence-corrected chi connectivity index (χ3v) is 3.56. The van der Waals surface area contributed by atoms with Crippen LogP contribution in [0.2, 0.25) is 0 Å². The number of rotatable bonds is 3. The summed E-state index contributed by atoms with van der Waals surface area (Å²) in [7, 11) is 0. The lowest BCUT2D eigenvalue weighted by molar-refractivity contribution is 0.0929. The first kappa shape index (κ1) is 15.6. The Morgan fingerprint density at radius 2 is 2.29 bits per heavy atom. The Balaban J connectivity index is 0.00000161. The van der Waals surface area contributed by atoms with Crippen LogP contribution in [0.15, 0.2) is 16.5 Å². The second kappa shape index (κ2) is 6.32. The molecule has 3 N–H and O–H groups in total. The minimum absolute atomic E-state index is 0. The van der Waals surface area contributed by atoms with Crippen molar-refractivity contribution in [3.05, 3.63) is 40.6 Å². The van der Waals surface area contributed by atoms with E-state index in [1.165, 1.54) is 0 Å². The summed E-state index contributed by atoms with van der Waals surface area (Å²) >= 11 is 0. The van der Waals surface area contributed by atoms with Crippen LogP contribution in [0.5, 0.6) is 0 Å². The molecular weight excluding hydrogens is 292 g/mol. The van der Waals surface area contributed by atoms with Gasteiger partial charge in [-0.3, -0.25) is 9.89 Å². The Hall–Kier alpha value is -1.79. The maximum atomic E-state index is 12.3. The molecule has 1 aliphatic rings. The van der Waals surface area contributed by atoms with Gasteiger partial charge in [-0.2, -0.15) is 5.10 Å². The van der Waals surface area contributed by atoms with Crippen LogP contribution in [0, 0.1) is 6.92 Å². The molecule has 1 amide bonds. The van der Waals surface area contributed by atoms with E-state index in [1.807, 2.05) is 26.0 Å². The van der Waals surface area contributed by atoms with Gasteiger partial charge in [-0.05, 0) is 26.0 Å². The van der Waals surface area contributed by atoms with Crippen LogP contribution in [0.4, 0.5) is 0 Å². The normalized spacial score (nSPS) is 15.0. The molecule has 0 saturated heterocycles. The SMILES string of the molecule is Cc1ccc(C(C)NC(=O)c2n[nH]c3c2CNCC3)o1.Cl. The van der Waals surface area contributed by atoms with Crippen LogP contribution in [-0.2, 0) is 13.0 Å². The minimum atomic E-state index is -0.180. The monoisotopic (exact) mass is 310 g/mol. The quantitative estimate of drug-likeness (QED) is 0.808. The zero-order chi connectivity index (χ0) is 14.1. The lowest BCUT2D eigenvalue weighted by Gasteiger charge is -2.14. The molecule has 0 radical (unpaired) electrons. The van der Waals surface area contributed by atoms with Crippen molar-refractivity contribution in [1.82, 2.24) is 20.8 Å². The Bertz CT molecular complexity index is 635. The topological polar surface area (TPSA) is 83.0 Å². The van der Waals surface area contributed by atoms with Gasteiger partial charge in [-0.15, -0.1) is 12.4 Å². The Morgan fingerprint density at radius 1 is 1.48 bits per heavy atom. The van der Waals surface area contributed by atoms with Gasteiger partial charge in [0.15, 0.2) is 5.69 Å². The fourth-order valence-corrected chi connectivity index (χ4v) is 2.44. The summed E-state index contributed by atoms with van der Waals surface area (Å²) in [5, 5.41) is 13.3. The number of amides is 1. The molecule has 0 aromatic carbocycles. The number of H-pyrrole nitrogens is 1. The van der Waals surface area contributed by atoms with Crippen molar-refractivity contribution < 1.29 is 9.21 Å². The molecule has 3 heterocycles. The van der Waals surface area contributed by atoms with Gasteiger partial charge in [-0.25, -0.2) is 0 Å². The van der Waals surface area contributed by atoms with Crippen molar-refractivity contribution in [1.29, 1.82) is 0 Å². The lowest BCUT2D eigenvalue weighted by atomic mass is 10.1. The van der Waals surface area contributed by atoms with Crippen molar-refractivity contribution in [2.45, 2.75) is 32.9 Å². The van der Waals surface area contributed by atoms with Gasteiger partial charge in [-0.1, -0.05) is 0 Å². The van der Waals surface area contributed by atoms with E-state index in [1.54, 1.807) is 0 Å². The van der Waals surface area contributed by atoms with Gasteiger partial charge < -0.3 is 15.1 Å². The summed E-state index contributed by atoms with van der Waals surface area (Å²) in [6, 6.07) is 3.58. The fourth-order valence-electron chi connectivity index (χ4n) is 2.44. The number of nitrogens with one attached hydrogen (secondary N) is 3. The van der Waals surface area contributed by atoms with Gasteiger partial charge in [0.25, 0.3) is 5.91 Å². The molecule has 21 heavy (non-hydrogen) atoms. The summed E-state index contributed by atoms with van der Waals surface area (Å²) in [6.45, 7) is 5.38. The lowest BCUT2D eigenvalue weighted by Crippen LogP contribution is -2.30. The van der Waals surface area contributed by atoms with E-state index in [4.69, 9.17) is 4.42 Å². The van der Waals surface area contributed by atoms with Crippen LogP contribution < -0.4 is 10.6 Å². The number of carbonyl (C=O) groups excluding carboxylic acids is 1. The largest absolute Gasteiger partial charge is 0.464 e.